The van der Waals surface area contributed by atoms with Crippen LogP contribution in [0.1, 0.15) is 12.6 Å². The molecule has 4 rings (SSSR count). The van der Waals surface area contributed by atoms with Gasteiger partial charge < -0.3 is 14.6 Å². The van der Waals surface area contributed by atoms with Gasteiger partial charge >= 0.3 is 0 Å². The van der Waals surface area contributed by atoms with Crippen LogP contribution in [-0.4, -0.2) is 45.7 Å². The molecule has 6 nitrogen and oxygen atoms in total. The average molecular weight is 309 g/mol. The standard InChI is InChI=1S/C17H19N5O/c1-11-9-15(22-7-8-23-10-12(22)2)21-17(20-11)14-4-6-19-16-13(14)3-5-18-16/h3-6,9,12H,7-8,10H2,1-2H3,(H,18,19)/t12-/m1/s1. The third-order valence-electron chi connectivity index (χ3n) is 4.20. The van der Waals surface area contributed by atoms with E-state index in [1.54, 1.807) is 6.20 Å². The molecular weight excluding hydrogens is 290 g/mol. The van der Waals surface area contributed by atoms with Gasteiger partial charge in [-0.05, 0) is 26.0 Å². The number of rotatable bonds is 2. The quantitative estimate of drug-likeness (QED) is 0.788. The zero-order valence-corrected chi connectivity index (χ0v) is 13.3. The minimum absolute atomic E-state index is 0.315. The second-order valence-electron chi connectivity index (χ2n) is 5.91. The van der Waals surface area contributed by atoms with E-state index >= 15 is 0 Å². The molecule has 3 aromatic heterocycles. The van der Waals surface area contributed by atoms with Gasteiger partial charge in [0.1, 0.15) is 11.5 Å². The van der Waals surface area contributed by atoms with Crippen LogP contribution in [0.25, 0.3) is 22.4 Å². The number of aromatic amines is 1. The van der Waals surface area contributed by atoms with Crippen LogP contribution in [0.4, 0.5) is 5.82 Å². The van der Waals surface area contributed by atoms with Crippen LogP contribution < -0.4 is 4.90 Å². The Bertz CT molecular complexity index is 844. The molecule has 1 aliphatic rings. The van der Waals surface area contributed by atoms with E-state index in [0.29, 0.717) is 6.04 Å². The van der Waals surface area contributed by atoms with E-state index in [-0.39, 0.29) is 0 Å². The molecule has 0 radical (unpaired) electrons. The molecule has 1 atom stereocenters. The SMILES string of the molecule is Cc1cc(N2CCOC[C@H]2C)nc(-c2ccnc3[nH]ccc23)n1. The van der Waals surface area contributed by atoms with E-state index < -0.39 is 0 Å². The molecule has 1 saturated heterocycles. The van der Waals surface area contributed by atoms with Crippen LogP contribution in [0, 0.1) is 6.92 Å². The number of aromatic nitrogens is 4. The molecule has 118 valence electrons. The summed E-state index contributed by atoms with van der Waals surface area (Å²) in [5.74, 6) is 1.70. The van der Waals surface area contributed by atoms with E-state index in [0.717, 1.165) is 53.7 Å². The highest BCUT2D eigenvalue weighted by Crippen LogP contribution is 2.27. The van der Waals surface area contributed by atoms with E-state index in [1.807, 2.05) is 31.3 Å². The number of hydrogen-bond donors (Lipinski definition) is 1. The maximum Gasteiger partial charge on any atom is 0.162 e. The molecular formula is C17H19N5O. The number of hydrogen-bond acceptors (Lipinski definition) is 5. The number of H-pyrrole nitrogens is 1. The van der Waals surface area contributed by atoms with Crippen molar-refractivity contribution in [2.45, 2.75) is 19.9 Å². The molecule has 0 unspecified atom stereocenters. The lowest BCUT2D eigenvalue weighted by atomic mass is 10.1. The summed E-state index contributed by atoms with van der Waals surface area (Å²) in [6.07, 6.45) is 3.68. The van der Waals surface area contributed by atoms with Crippen molar-refractivity contribution in [3.63, 3.8) is 0 Å². The van der Waals surface area contributed by atoms with Crippen LogP contribution in [0.3, 0.4) is 0 Å². The van der Waals surface area contributed by atoms with Crippen molar-refractivity contribution < 1.29 is 4.74 Å². The van der Waals surface area contributed by atoms with Crippen molar-refractivity contribution in [3.8, 4) is 11.4 Å². The fraction of sp³-hybridized carbons (Fsp3) is 0.353. The number of fused-ring (bicyclic) bond motifs is 1. The van der Waals surface area contributed by atoms with E-state index in [4.69, 9.17) is 9.72 Å². The molecule has 0 spiro atoms. The summed E-state index contributed by atoms with van der Waals surface area (Å²) in [5.41, 5.74) is 2.82. The maximum absolute atomic E-state index is 5.53. The molecule has 23 heavy (non-hydrogen) atoms. The van der Waals surface area contributed by atoms with Crippen molar-refractivity contribution in [2.24, 2.45) is 0 Å². The van der Waals surface area contributed by atoms with Crippen LogP contribution in [0.15, 0.2) is 30.6 Å². The fourth-order valence-electron chi connectivity index (χ4n) is 3.04. The highest BCUT2D eigenvalue weighted by atomic mass is 16.5. The molecule has 6 heteroatoms. The number of anilines is 1. The second-order valence-corrected chi connectivity index (χ2v) is 5.91. The fourth-order valence-corrected chi connectivity index (χ4v) is 3.04. The normalized spacial score (nSPS) is 18.5. The Morgan fingerprint density at radius 3 is 3.09 bits per heavy atom. The number of pyridine rings is 1. The highest BCUT2D eigenvalue weighted by Gasteiger charge is 2.21. The third kappa shape index (κ3) is 2.55. The lowest BCUT2D eigenvalue weighted by molar-refractivity contribution is 0.0985. The Morgan fingerprint density at radius 1 is 1.30 bits per heavy atom. The van der Waals surface area contributed by atoms with Gasteiger partial charge in [-0.3, -0.25) is 0 Å². The summed E-state index contributed by atoms with van der Waals surface area (Å²) in [6, 6.07) is 6.34. The van der Waals surface area contributed by atoms with Crippen molar-refractivity contribution in [3.05, 3.63) is 36.3 Å². The first-order chi connectivity index (χ1) is 11.2. The number of morpholine rings is 1. The minimum Gasteiger partial charge on any atom is -0.377 e. The predicted octanol–water partition coefficient (Wildman–Crippen LogP) is 2.55. The van der Waals surface area contributed by atoms with Gasteiger partial charge in [0, 0.05) is 41.6 Å². The molecule has 0 aliphatic carbocycles. The summed E-state index contributed by atoms with van der Waals surface area (Å²) < 4.78 is 5.53. The Kier molecular flexibility index (Phi) is 3.46. The summed E-state index contributed by atoms with van der Waals surface area (Å²) >= 11 is 0. The summed E-state index contributed by atoms with van der Waals surface area (Å²) in [4.78, 5) is 19.2. The van der Waals surface area contributed by atoms with Crippen molar-refractivity contribution in [1.82, 2.24) is 19.9 Å². The van der Waals surface area contributed by atoms with Gasteiger partial charge in [-0.2, -0.15) is 0 Å². The minimum atomic E-state index is 0.315. The van der Waals surface area contributed by atoms with Gasteiger partial charge in [-0.25, -0.2) is 15.0 Å². The van der Waals surface area contributed by atoms with E-state index in [1.165, 1.54) is 0 Å². The molecule has 3 aromatic rings. The molecule has 0 bridgehead atoms. The zero-order valence-electron chi connectivity index (χ0n) is 13.3. The monoisotopic (exact) mass is 309 g/mol. The first-order valence-electron chi connectivity index (χ1n) is 7.85. The molecule has 0 amide bonds. The lowest BCUT2D eigenvalue weighted by Crippen LogP contribution is -2.44. The highest BCUT2D eigenvalue weighted by molar-refractivity contribution is 5.90. The number of nitrogens with one attached hydrogen (secondary N) is 1. The average Bonchev–Trinajstić information content (AvgIpc) is 3.03. The topological polar surface area (TPSA) is 66.9 Å². The van der Waals surface area contributed by atoms with Gasteiger partial charge in [-0.15, -0.1) is 0 Å². The number of aryl methyl sites for hydroxylation is 1. The Morgan fingerprint density at radius 2 is 2.22 bits per heavy atom. The van der Waals surface area contributed by atoms with Gasteiger partial charge in [0.05, 0.1) is 19.3 Å². The van der Waals surface area contributed by atoms with Crippen LogP contribution in [-0.2, 0) is 4.74 Å². The third-order valence-corrected chi connectivity index (χ3v) is 4.20. The zero-order chi connectivity index (χ0) is 15.8. The largest absolute Gasteiger partial charge is 0.377 e. The van der Waals surface area contributed by atoms with Crippen molar-refractivity contribution in [1.29, 1.82) is 0 Å². The van der Waals surface area contributed by atoms with Crippen molar-refractivity contribution in [2.75, 3.05) is 24.7 Å². The van der Waals surface area contributed by atoms with Gasteiger partial charge in [0.15, 0.2) is 5.82 Å². The molecule has 4 heterocycles. The Balaban J connectivity index is 1.82. The molecule has 1 N–H and O–H groups in total. The van der Waals surface area contributed by atoms with Crippen LogP contribution in [0.2, 0.25) is 0 Å². The molecule has 1 aliphatic heterocycles. The van der Waals surface area contributed by atoms with Crippen LogP contribution in [0.5, 0.6) is 0 Å². The molecule has 0 saturated carbocycles. The first-order valence-corrected chi connectivity index (χ1v) is 7.85. The predicted molar refractivity (Wildman–Crippen MR) is 89.5 cm³/mol. The summed E-state index contributed by atoms with van der Waals surface area (Å²) in [6.45, 7) is 6.49. The van der Waals surface area contributed by atoms with Crippen LogP contribution >= 0.6 is 0 Å². The van der Waals surface area contributed by atoms with Gasteiger partial charge in [0.25, 0.3) is 0 Å². The number of ether oxygens (including phenoxy) is 1. The smallest absolute Gasteiger partial charge is 0.162 e. The first kappa shape index (κ1) is 14.1. The molecule has 0 aromatic carbocycles. The summed E-state index contributed by atoms with van der Waals surface area (Å²) in [7, 11) is 0. The lowest BCUT2D eigenvalue weighted by Gasteiger charge is -2.34. The van der Waals surface area contributed by atoms with Gasteiger partial charge in [0.2, 0.25) is 0 Å². The Hall–Kier alpha value is -2.47. The second kappa shape index (κ2) is 5.62. The van der Waals surface area contributed by atoms with E-state index in [9.17, 15) is 0 Å². The van der Waals surface area contributed by atoms with Gasteiger partial charge in [-0.1, -0.05) is 0 Å². The molecule has 1 fully saturated rings. The maximum atomic E-state index is 5.53. The Labute approximate surface area is 134 Å². The number of nitrogens with zero attached hydrogens (tertiary/aromatic N) is 4. The van der Waals surface area contributed by atoms with E-state index in [2.05, 4.69) is 26.8 Å². The van der Waals surface area contributed by atoms with Crippen molar-refractivity contribution >= 4 is 16.9 Å². The summed E-state index contributed by atoms with van der Waals surface area (Å²) in [5, 5.41) is 1.04.